The molecule has 0 aliphatic carbocycles. The zero-order valence-electron chi connectivity index (χ0n) is 16.2. The minimum atomic E-state index is 0.00373. The van der Waals surface area contributed by atoms with E-state index in [0.717, 1.165) is 16.8 Å². The Labute approximate surface area is 167 Å². The molecule has 0 atom stereocenters. The number of phenolic OH excluding ortho intramolecular Hbond substituents is 1. The van der Waals surface area contributed by atoms with Crippen molar-refractivity contribution in [3.63, 3.8) is 0 Å². The summed E-state index contributed by atoms with van der Waals surface area (Å²) in [6, 6.07) is 14.7. The Morgan fingerprint density at radius 1 is 1.00 bits per heavy atom. The average Bonchev–Trinajstić information content (AvgIpc) is 3.18. The van der Waals surface area contributed by atoms with Gasteiger partial charge in [0.25, 0.3) is 0 Å². The van der Waals surface area contributed by atoms with Gasteiger partial charge in [-0.05, 0) is 35.9 Å². The number of oxazole rings is 1. The second-order valence-electron chi connectivity index (χ2n) is 6.40. The number of hydrogen-bond acceptors (Lipinski definition) is 7. The van der Waals surface area contributed by atoms with E-state index in [4.69, 9.17) is 13.9 Å². The molecule has 0 aliphatic rings. The topological polar surface area (TPSA) is 89.6 Å². The molecule has 0 radical (unpaired) electrons. The van der Waals surface area contributed by atoms with Crippen LogP contribution in [0.15, 0.2) is 59.1 Å². The number of hydrogen-bond donors (Lipinski definition) is 2. The predicted molar refractivity (Wildman–Crippen MR) is 109 cm³/mol. The number of ether oxygens (including phenoxy) is 2. The summed E-state index contributed by atoms with van der Waals surface area (Å²) in [5.41, 5.74) is 3.65. The van der Waals surface area contributed by atoms with Gasteiger partial charge < -0.3 is 24.3 Å². The van der Waals surface area contributed by atoms with Gasteiger partial charge in [-0.25, -0.2) is 4.98 Å². The van der Waals surface area contributed by atoms with Crippen molar-refractivity contribution in [1.82, 2.24) is 15.3 Å². The molecule has 0 saturated carbocycles. The van der Waals surface area contributed by atoms with Crippen LogP contribution in [-0.4, -0.2) is 29.3 Å². The van der Waals surface area contributed by atoms with E-state index in [-0.39, 0.29) is 11.6 Å². The second kappa shape index (κ2) is 8.20. The molecule has 0 fully saturated rings. The number of phenols is 1. The number of nitrogens with zero attached hydrogens (tertiary/aromatic N) is 2. The highest BCUT2D eigenvalue weighted by Crippen LogP contribution is 2.44. The molecule has 4 rings (SSSR count). The zero-order chi connectivity index (χ0) is 20.2. The van der Waals surface area contributed by atoms with E-state index in [2.05, 4.69) is 15.3 Å². The molecule has 0 bridgehead atoms. The van der Waals surface area contributed by atoms with Crippen LogP contribution >= 0.6 is 0 Å². The van der Waals surface area contributed by atoms with Crippen molar-refractivity contribution in [2.45, 2.75) is 13.1 Å². The quantitative estimate of drug-likeness (QED) is 0.494. The third-order valence-electron chi connectivity index (χ3n) is 4.59. The van der Waals surface area contributed by atoms with Crippen LogP contribution < -0.4 is 14.8 Å². The average molecular weight is 391 g/mol. The first-order chi connectivity index (χ1) is 14.2. The number of aromatic hydroxyl groups is 1. The molecule has 148 valence electrons. The highest BCUT2D eigenvalue weighted by atomic mass is 16.5. The maximum absolute atomic E-state index is 10.4. The fourth-order valence-corrected chi connectivity index (χ4v) is 3.21. The Morgan fingerprint density at radius 3 is 2.66 bits per heavy atom. The first kappa shape index (κ1) is 18.8. The maximum Gasteiger partial charge on any atom is 0.235 e. The van der Waals surface area contributed by atoms with E-state index in [1.165, 1.54) is 20.3 Å². The number of methoxy groups -OCH3 is 2. The molecule has 0 unspecified atom stereocenters. The molecular weight excluding hydrogens is 370 g/mol. The maximum atomic E-state index is 10.4. The monoisotopic (exact) mass is 391 g/mol. The Balaban J connectivity index is 1.66. The van der Waals surface area contributed by atoms with Crippen LogP contribution in [0.1, 0.15) is 11.3 Å². The largest absolute Gasteiger partial charge is 0.507 e. The summed E-state index contributed by atoms with van der Waals surface area (Å²) in [7, 11) is 3.05. The van der Waals surface area contributed by atoms with Gasteiger partial charge in [-0.3, -0.25) is 4.98 Å². The van der Waals surface area contributed by atoms with Gasteiger partial charge >= 0.3 is 0 Å². The van der Waals surface area contributed by atoms with Crippen LogP contribution in [-0.2, 0) is 13.1 Å². The number of fused-ring (bicyclic) bond motifs is 1. The summed E-state index contributed by atoms with van der Waals surface area (Å²) < 4.78 is 16.7. The standard InChI is InChI=1S/C22H21N3O4/c1-27-18-10-9-16(26)19(21(18)28-2)22-25-20-14(6-5-8-17(20)29-22)12-23-13-15-7-3-4-11-24-15/h3-11,23,26H,12-13H2,1-2H3. The van der Waals surface area contributed by atoms with Gasteiger partial charge in [0.05, 0.1) is 19.9 Å². The number of nitrogens with one attached hydrogen (secondary N) is 1. The van der Waals surface area contributed by atoms with Crippen molar-refractivity contribution in [3.8, 4) is 28.7 Å². The summed E-state index contributed by atoms with van der Waals surface area (Å²) in [6.45, 7) is 1.24. The summed E-state index contributed by atoms with van der Waals surface area (Å²) >= 11 is 0. The highest BCUT2D eigenvalue weighted by molar-refractivity contribution is 5.83. The van der Waals surface area contributed by atoms with Gasteiger partial charge in [0.2, 0.25) is 5.89 Å². The Hall–Kier alpha value is -3.58. The molecule has 0 amide bonds. The molecule has 2 N–H and O–H groups in total. The van der Waals surface area contributed by atoms with Crippen LogP contribution in [0.3, 0.4) is 0 Å². The molecule has 2 aromatic carbocycles. The summed E-state index contributed by atoms with van der Waals surface area (Å²) in [5.74, 6) is 1.13. The van der Waals surface area contributed by atoms with Gasteiger partial charge in [0.15, 0.2) is 17.1 Å². The molecule has 7 heteroatoms. The first-order valence-electron chi connectivity index (χ1n) is 9.14. The molecule has 0 saturated heterocycles. The van der Waals surface area contributed by atoms with Crippen molar-refractivity contribution in [2.24, 2.45) is 0 Å². The van der Waals surface area contributed by atoms with Crippen LogP contribution in [0.5, 0.6) is 17.2 Å². The van der Waals surface area contributed by atoms with Crippen molar-refractivity contribution in [1.29, 1.82) is 0 Å². The summed E-state index contributed by atoms with van der Waals surface area (Å²) in [6.07, 6.45) is 1.77. The van der Waals surface area contributed by atoms with Gasteiger partial charge in [0.1, 0.15) is 16.8 Å². The number of aromatic nitrogens is 2. The molecule has 29 heavy (non-hydrogen) atoms. The Kier molecular flexibility index (Phi) is 5.31. The fourth-order valence-electron chi connectivity index (χ4n) is 3.21. The van der Waals surface area contributed by atoms with Crippen molar-refractivity contribution < 1.29 is 19.0 Å². The number of benzene rings is 2. The molecule has 0 aliphatic heterocycles. The van der Waals surface area contributed by atoms with E-state index in [1.54, 1.807) is 12.3 Å². The Bertz CT molecular complexity index is 1130. The highest BCUT2D eigenvalue weighted by Gasteiger charge is 2.22. The smallest absolute Gasteiger partial charge is 0.235 e. The van der Waals surface area contributed by atoms with E-state index in [0.29, 0.717) is 35.7 Å². The van der Waals surface area contributed by atoms with Crippen LogP contribution in [0, 0.1) is 0 Å². The fraction of sp³-hybridized carbons (Fsp3) is 0.182. The lowest BCUT2D eigenvalue weighted by Gasteiger charge is -2.11. The van der Waals surface area contributed by atoms with E-state index in [9.17, 15) is 5.11 Å². The Morgan fingerprint density at radius 2 is 1.90 bits per heavy atom. The summed E-state index contributed by atoms with van der Waals surface area (Å²) in [4.78, 5) is 8.95. The molecule has 4 aromatic rings. The number of pyridine rings is 1. The minimum Gasteiger partial charge on any atom is -0.507 e. The van der Waals surface area contributed by atoms with Gasteiger partial charge in [0, 0.05) is 19.3 Å². The third kappa shape index (κ3) is 3.72. The predicted octanol–water partition coefficient (Wildman–Crippen LogP) is 3.90. The SMILES string of the molecule is COc1ccc(O)c(-c2nc3c(CNCc4ccccn4)cccc3o2)c1OC. The van der Waals surface area contributed by atoms with Gasteiger partial charge in [-0.15, -0.1) is 0 Å². The second-order valence-corrected chi connectivity index (χ2v) is 6.40. The third-order valence-corrected chi connectivity index (χ3v) is 4.59. The number of rotatable bonds is 7. The lowest BCUT2D eigenvalue weighted by Crippen LogP contribution is -2.13. The van der Waals surface area contributed by atoms with E-state index < -0.39 is 0 Å². The van der Waals surface area contributed by atoms with Crippen LogP contribution in [0.4, 0.5) is 0 Å². The number of para-hydroxylation sites is 1. The normalized spacial score (nSPS) is 11.0. The summed E-state index contributed by atoms with van der Waals surface area (Å²) in [5, 5.41) is 13.8. The van der Waals surface area contributed by atoms with Gasteiger partial charge in [-0.1, -0.05) is 18.2 Å². The van der Waals surface area contributed by atoms with Crippen molar-refractivity contribution >= 4 is 11.1 Å². The lowest BCUT2D eigenvalue weighted by molar-refractivity contribution is 0.352. The molecule has 0 spiro atoms. The molecule has 2 heterocycles. The van der Waals surface area contributed by atoms with E-state index >= 15 is 0 Å². The van der Waals surface area contributed by atoms with Crippen molar-refractivity contribution in [2.75, 3.05) is 14.2 Å². The zero-order valence-corrected chi connectivity index (χ0v) is 16.2. The first-order valence-corrected chi connectivity index (χ1v) is 9.14. The van der Waals surface area contributed by atoms with Crippen molar-refractivity contribution in [3.05, 3.63) is 66.0 Å². The molecule has 7 nitrogen and oxygen atoms in total. The molecular formula is C22H21N3O4. The molecule has 2 aromatic heterocycles. The van der Waals surface area contributed by atoms with Crippen LogP contribution in [0.2, 0.25) is 0 Å². The van der Waals surface area contributed by atoms with Gasteiger partial charge in [-0.2, -0.15) is 0 Å². The lowest BCUT2D eigenvalue weighted by atomic mass is 10.1. The van der Waals surface area contributed by atoms with E-state index in [1.807, 2.05) is 36.4 Å². The van der Waals surface area contributed by atoms with Crippen LogP contribution in [0.25, 0.3) is 22.6 Å². The minimum absolute atomic E-state index is 0.00373.